The van der Waals surface area contributed by atoms with Gasteiger partial charge in [-0.2, -0.15) is 4.31 Å². The first-order valence-corrected chi connectivity index (χ1v) is 12.5. The van der Waals surface area contributed by atoms with Crippen molar-refractivity contribution in [1.82, 2.24) is 4.31 Å². The van der Waals surface area contributed by atoms with Gasteiger partial charge < -0.3 is 14.8 Å². The molecule has 3 aromatic rings. The van der Waals surface area contributed by atoms with Gasteiger partial charge in [0.15, 0.2) is 11.5 Å². The summed E-state index contributed by atoms with van der Waals surface area (Å²) >= 11 is 0. The number of ether oxygens (including phenoxy) is 2. The summed E-state index contributed by atoms with van der Waals surface area (Å²) in [4.78, 5) is 13.0. The molecule has 0 fully saturated rings. The Morgan fingerprint density at radius 3 is 2.26 bits per heavy atom. The zero-order valence-electron chi connectivity index (χ0n) is 19.7. The van der Waals surface area contributed by atoms with Crippen LogP contribution in [0.25, 0.3) is 0 Å². The van der Waals surface area contributed by atoms with E-state index in [0.717, 1.165) is 17.5 Å². The summed E-state index contributed by atoms with van der Waals surface area (Å²) in [5.41, 5.74) is 2.64. The van der Waals surface area contributed by atoms with Gasteiger partial charge >= 0.3 is 0 Å². The predicted octanol–water partition coefficient (Wildman–Crippen LogP) is 4.14. The van der Waals surface area contributed by atoms with Gasteiger partial charge in [-0.05, 0) is 42.2 Å². The van der Waals surface area contributed by atoms with Crippen LogP contribution in [-0.4, -0.2) is 45.9 Å². The molecule has 1 amide bonds. The normalized spacial score (nSPS) is 11.3. The van der Waals surface area contributed by atoms with E-state index in [1.165, 1.54) is 30.7 Å². The zero-order chi connectivity index (χ0) is 24.6. The maximum atomic E-state index is 13.6. The summed E-state index contributed by atoms with van der Waals surface area (Å²) in [5, 5.41) is 2.86. The molecule has 0 aliphatic carbocycles. The number of hydrogen-bond acceptors (Lipinski definition) is 5. The average molecular weight is 483 g/mol. The molecule has 0 heterocycles. The average Bonchev–Trinajstić information content (AvgIpc) is 2.86. The Balaban J connectivity index is 1.88. The molecule has 3 rings (SSSR count). The molecule has 0 aromatic heterocycles. The second-order valence-corrected chi connectivity index (χ2v) is 9.59. The van der Waals surface area contributed by atoms with Gasteiger partial charge in [-0.25, -0.2) is 8.42 Å². The van der Waals surface area contributed by atoms with Gasteiger partial charge in [-0.15, -0.1) is 0 Å². The van der Waals surface area contributed by atoms with E-state index in [1.54, 1.807) is 6.07 Å². The second-order valence-electron chi connectivity index (χ2n) is 7.65. The van der Waals surface area contributed by atoms with Gasteiger partial charge in [-0.1, -0.05) is 55.5 Å². The molecule has 0 bridgehead atoms. The SMILES string of the molecule is CCc1ccccc1NC(=O)CN(CCc1ccccc1)S(=O)(=O)c1ccc(OC)c(OC)c1. The van der Waals surface area contributed by atoms with Crippen molar-refractivity contribution in [3.63, 3.8) is 0 Å². The molecule has 0 radical (unpaired) electrons. The fourth-order valence-electron chi connectivity index (χ4n) is 3.61. The Kier molecular flexibility index (Phi) is 8.67. The molecule has 0 saturated heterocycles. The Morgan fingerprint density at radius 1 is 0.912 bits per heavy atom. The number of nitrogens with one attached hydrogen (secondary N) is 1. The van der Waals surface area contributed by atoms with Crippen LogP contribution in [-0.2, 0) is 27.7 Å². The number of carbonyl (C=O) groups excluding carboxylic acids is 1. The fraction of sp³-hybridized carbons (Fsp3) is 0.269. The molecule has 180 valence electrons. The predicted molar refractivity (Wildman–Crippen MR) is 133 cm³/mol. The van der Waals surface area contributed by atoms with Gasteiger partial charge in [-0.3, -0.25) is 4.79 Å². The van der Waals surface area contributed by atoms with Gasteiger partial charge in [0.25, 0.3) is 0 Å². The van der Waals surface area contributed by atoms with Crippen LogP contribution in [0.1, 0.15) is 18.1 Å². The van der Waals surface area contributed by atoms with E-state index < -0.39 is 15.9 Å². The standard InChI is InChI=1S/C26H30N2O5S/c1-4-21-12-8-9-13-23(21)27-26(29)19-28(17-16-20-10-6-5-7-11-20)34(30,31)22-14-15-24(32-2)25(18-22)33-3/h5-15,18H,4,16-17,19H2,1-3H3,(H,27,29). The van der Waals surface area contributed by atoms with Crippen LogP contribution in [0.2, 0.25) is 0 Å². The summed E-state index contributed by atoms with van der Waals surface area (Å²) in [5.74, 6) is 0.317. The molecule has 3 aromatic carbocycles. The Bertz CT molecular complexity index is 1210. The van der Waals surface area contributed by atoms with E-state index >= 15 is 0 Å². The lowest BCUT2D eigenvalue weighted by atomic mass is 10.1. The lowest BCUT2D eigenvalue weighted by Gasteiger charge is -2.23. The van der Waals surface area contributed by atoms with Gasteiger partial charge in [0, 0.05) is 18.3 Å². The van der Waals surface area contributed by atoms with E-state index in [4.69, 9.17) is 9.47 Å². The number of para-hydroxylation sites is 1. The Hall–Kier alpha value is -3.36. The van der Waals surface area contributed by atoms with E-state index in [0.29, 0.717) is 23.6 Å². The van der Waals surface area contributed by atoms with Crippen LogP contribution in [0.3, 0.4) is 0 Å². The molecule has 0 atom stereocenters. The van der Waals surface area contributed by atoms with E-state index in [9.17, 15) is 13.2 Å². The van der Waals surface area contributed by atoms with Crippen molar-refractivity contribution >= 4 is 21.6 Å². The van der Waals surface area contributed by atoms with Gasteiger partial charge in [0.05, 0.1) is 25.7 Å². The summed E-state index contributed by atoms with van der Waals surface area (Å²) in [7, 11) is -1.07. The van der Waals surface area contributed by atoms with E-state index in [2.05, 4.69) is 5.32 Å². The number of sulfonamides is 1. The van der Waals surface area contributed by atoms with Gasteiger partial charge in [0.2, 0.25) is 15.9 Å². The second kappa shape index (κ2) is 11.7. The molecule has 1 N–H and O–H groups in total. The molecule has 0 unspecified atom stereocenters. The van der Waals surface area contributed by atoms with Crippen LogP contribution in [0.5, 0.6) is 11.5 Å². The lowest BCUT2D eigenvalue weighted by molar-refractivity contribution is -0.116. The van der Waals surface area contributed by atoms with Crippen LogP contribution in [0.4, 0.5) is 5.69 Å². The van der Waals surface area contributed by atoms with E-state index in [-0.39, 0.29) is 18.0 Å². The number of benzene rings is 3. The minimum Gasteiger partial charge on any atom is -0.493 e. The first kappa shape index (κ1) is 25.3. The zero-order valence-corrected chi connectivity index (χ0v) is 20.5. The topological polar surface area (TPSA) is 84.9 Å². The number of amides is 1. The highest BCUT2D eigenvalue weighted by molar-refractivity contribution is 7.89. The number of anilines is 1. The number of hydrogen-bond donors (Lipinski definition) is 1. The highest BCUT2D eigenvalue weighted by Gasteiger charge is 2.28. The van der Waals surface area contributed by atoms with Crippen LogP contribution in [0, 0.1) is 0 Å². The lowest BCUT2D eigenvalue weighted by Crippen LogP contribution is -2.39. The van der Waals surface area contributed by atoms with Crippen molar-refractivity contribution in [2.75, 3.05) is 32.6 Å². The number of methoxy groups -OCH3 is 2. The number of carbonyl (C=O) groups is 1. The van der Waals surface area contributed by atoms with Crippen molar-refractivity contribution in [1.29, 1.82) is 0 Å². The molecule has 0 saturated carbocycles. The quantitative estimate of drug-likeness (QED) is 0.444. The minimum atomic E-state index is -3.99. The van der Waals surface area contributed by atoms with Gasteiger partial charge in [0.1, 0.15) is 0 Å². The molecule has 0 aliphatic rings. The molecular weight excluding hydrogens is 452 g/mol. The summed E-state index contributed by atoms with van der Waals surface area (Å²) in [6.45, 7) is 1.82. The third-order valence-electron chi connectivity index (χ3n) is 5.48. The molecule has 0 spiro atoms. The van der Waals surface area contributed by atoms with Crippen LogP contribution < -0.4 is 14.8 Å². The summed E-state index contributed by atoms with van der Waals surface area (Å²) < 4.78 is 38.9. The van der Waals surface area contributed by atoms with Crippen molar-refractivity contribution in [2.45, 2.75) is 24.7 Å². The Labute approximate surface area is 201 Å². The highest BCUT2D eigenvalue weighted by Crippen LogP contribution is 2.30. The molecule has 0 aliphatic heterocycles. The van der Waals surface area contributed by atoms with E-state index in [1.807, 2.05) is 61.5 Å². The maximum Gasteiger partial charge on any atom is 0.243 e. The summed E-state index contributed by atoms with van der Waals surface area (Å²) in [6, 6.07) is 21.5. The highest BCUT2D eigenvalue weighted by atomic mass is 32.2. The van der Waals surface area contributed by atoms with Crippen molar-refractivity contribution in [2.24, 2.45) is 0 Å². The first-order valence-electron chi connectivity index (χ1n) is 11.0. The number of nitrogens with zero attached hydrogens (tertiary/aromatic N) is 1. The van der Waals surface area contributed by atoms with Crippen molar-refractivity contribution in [3.8, 4) is 11.5 Å². The largest absolute Gasteiger partial charge is 0.493 e. The first-order chi connectivity index (χ1) is 16.4. The van der Waals surface area contributed by atoms with Crippen LogP contribution >= 0.6 is 0 Å². The molecular formula is C26H30N2O5S. The van der Waals surface area contributed by atoms with Crippen molar-refractivity contribution < 1.29 is 22.7 Å². The molecule has 8 heteroatoms. The summed E-state index contributed by atoms with van der Waals surface area (Å²) in [6.07, 6.45) is 1.21. The molecule has 7 nitrogen and oxygen atoms in total. The maximum absolute atomic E-state index is 13.6. The third kappa shape index (κ3) is 6.15. The number of rotatable bonds is 11. The van der Waals surface area contributed by atoms with Crippen molar-refractivity contribution in [3.05, 3.63) is 83.9 Å². The third-order valence-corrected chi connectivity index (χ3v) is 7.32. The minimum absolute atomic E-state index is 0.0278. The Morgan fingerprint density at radius 2 is 1.59 bits per heavy atom. The monoisotopic (exact) mass is 482 g/mol. The smallest absolute Gasteiger partial charge is 0.243 e. The number of aryl methyl sites for hydroxylation is 1. The molecule has 34 heavy (non-hydrogen) atoms. The van der Waals surface area contributed by atoms with Crippen LogP contribution in [0.15, 0.2) is 77.7 Å². The fourth-order valence-corrected chi connectivity index (χ4v) is 5.02.